The molecule has 0 aromatic heterocycles. The molecule has 2 saturated heterocycles. The van der Waals surface area contributed by atoms with E-state index in [0.29, 0.717) is 12.1 Å². The zero-order chi connectivity index (χ0) is 14.2. The van der Waals surface area contributed by atoms with Crippen molar-refractivity contribution in [3.05, 3.63) is 0 Å². The number of sulfone groups is 1. The highest BCUT2D eigenvalue weighted by atomic mass is 32.2. The van der Waals surface area contributed by atoms with E-state index in [9.17, 15) is 8.42 Å². The molecule has 5 heteroatoms. The summed E-state index contributed by atoms with van der Waals surface area (Å²) in [7, 11) is -2.86. The lowest BCUT2D eigenvalue weighted by molar-refractivity contribution is 0.156. The van der Waals surface area contributed by atoms with Crippen LogP contribution in [-0.2, 0) is 9.84 Å². The van der Waals surface area contributed by atoms with Crippen LogP contribution in [0.3, 0.4) is 0 Å². The summed E-state index contributed by atoms with van der Waals surface area (Å²) in [5, 5.41) is 3.67. The topological polar surface area (TPSA) is 49.4 Å². The van der Waals surface area contributed by atoms with Crippen molar-refractivity contribution < 1.29 is 8.42 Å². The fourth-order valence-corrected chi connectivity index (χ4v) is 5.57. The standard InChI is InChI=1S/C15H28N2O2S/c1-20(18,19)15-6-2-4-12(11-15)16-13-7-9-17-8-3-5-14(17)10-13/h12-16H,2-11H2,1H3. The molecule has 0 bridgehead atoms. The predicted octanol–water partition coefficient (Wildman–Crippen LogP) is 1.56. The van der Waals surface area contributed by atoms with Crippen LogP contribution in [0.1, 0.15) is 51.4 Å². The quantitative estimate of drug-likeness (QED) is 0.859. The highest BCUT2D eigenvalue weighted by molar-refractivity contribution is 7.91. The number of piperidine rings is 1. The van der Waals surface area contributed by atoms with Crippen LogP contribution in [-0.4, -0.2) is 56.0 Å². The van der Waals surface area contributed by atoms with Gasteiger partial charge in [0.25, 0.3) is 0 Å². The highest BCUT2D eigenvalue weighted by Crippen LogP contribution is 2.29. The Kier molecular flexibility index (Phi) is 4.39. The highest BCUT2D eigenvalue weighted by Gasteiger charge is 2.34. The van der Waals surface area contributed by atoms with E-state index in [1.165, 1.54) is 45.0 Å². The van der Waals surface area contributed by atoms with Crippen molar-refractivity contribution in [1.29, 1.82) is 0 Å². The van der Waals surface area contributed by atoms with Gasteiger partial charge in [0.15, 0.2) is 0 Å². The third-order valence-corrected chi connectivity index (χ3v) is 7.16. The molecular weight excluding hydrogens is 272 g/mol. The first kappa shape index (κ1) is 14.8. The van der Waals surface area contributed by atoms with Crippen molar-refractivity contribution in [2.75, 3.05) is 19.3 Å². The van der Waals surface area contributed by atoms with Gasteiger partial charge in [-0.2, -0.15) is 0 Å². The molecule has 0 amide bonds. The van der Waals surface area contributed by atoms with Crippen LogP contribution in [0.25, 0.3) is 0 Å². The Morgan fingerprint density at radius 1 is 0.950 bits per heavy atom. The van der Waals surface area contributed by atoms with Gasteiger partial charge in [0.2, 0.25) is 0 Å². The van der Waals surface area contributed by atoms with Crippen LogP contribution in [0.15, 0.2) is 0 Å². The van der Waals surface area contributed by atoms with Gasteiger partial charge >= 0.3 is 0 Å². The minimum absolute atomic E-state index is 0.111. The second-order valence-electron chi connectivity index (χ2n) is 7.04. The molecule has 1 saturated carbocycles. The zero-order valence-corrected chi connectivity index (χ0v) is 13.4. The molecule has 20 heavy (non-hydrogen) atoms. The van der Waals surface area contributed by atoms with E-state index in [4.69, 9.17) is 0 Å². The normalized spacial score (nSPS) is 39.6. The van der Waals surface area contributed by atoms with Crippen molar-refractivity contribution in [3.8, 4) is 0 Å². The lowest BCUT2D eigenvalue weighted by Gasteiger charge is -2.38. The van der Waals surface area contributed by atoms with E-state index in [0.717, 1.165) is 31.7 Å². The van der Waals surface area contributed by atoms with Gasteiger partial charge in [-0.3, -0.25) is 0 Å². The predicted molar refractivity (Wildman–Crippen MR) is 81.6 cm³/mol. The Labute approximate surface area is 123 Å². The fourth-order valence-electron chi connectivity index (χ4n) is 4.39. The van der Waals surface area contributed by atoms with Crippen molar-refractivity contribution >= 4 is 9.84 Å². The van der Waals surface area contributed by atoms with E-state index in [2.05, 4.69) is 10.2 Å². The first-order valence-corrected chi connectivity index (χ1v) is 10.2. The lowest BCUT2D eigenvalue weighted by atomic mass is 9.91. The molecule has 0 aromatic rings. The molecule has 0 spiro atoms. The van der Waals surface area contributed by atoms with Gasteiger partial charge in [0.1, 0.15) is 9.84 Å². The van der Waals surface area contributed by atoms with Gasteiger partial charge in [-0.25, -0.2) is 8.42 Å². The zero-order valence-electron chi connectivity index (χ0n) is 12.6. The third-order valence-electron chi connectivity index (χ3n) is 5.52. The van der Waals surface area contributed by atoms with Crippen LogP contribution in [0.5, 0.6) is 0 Å². The molecule has 4 unspecified atom stereocenters. The molecule has 116 valence electrons. The van der Waals surface area contributed by atoms with Crippen LogP contribution in [0.2, 0.25) is 0 Å². The average Bonchev–Trinajstić information content (AvgIpc) is 2.85. The first-order valence-electron chi connectivity index (χ1n) is 8.21. The second kappa shape index (κ2) is 5.93. The smallest absolute Gasteiger partial charge is 0.150 e. The van der Waals surface area contributed by atoms with Crippen LogP contribution in [0, 0.1) is 0 Å². The molecule has 0 aromatic carbocycles. The molecule has 4 atom stereocenters. The molecule has 3 rings (SSSR count). The number of nitrogens with one attached hydrogen (secondary N) is 1. The molecule has 2 heterocycles. The molecule has 0 radical (unpaired) electrons. The maximum atomic E-state index is 11.7. The minimum atomic E-state index is -2.86. The van der Waals surface area contributed by atoms with E-state index in [-0.39, 0.29) is 5.25 Å². The van der Waals surface area contributed by atoms with Crippen molar-refractivity contribution in [2.45, 2.75) is 74.7 Å². The van der Waals surface area contributed by atoms with Gasteiger partial charge in [-0.1, -0.05) is 6.42 Å². The summed E-state index contributed by atoms with van der Waals surface area (Å²) in [6, 6.07) is 1.81. The van der Waals surface area contributed by atoms with Crippen LogP contribution < -0.4 is 5.32 Å². The maximum Gasteiger partial charge on any atom is 0.150 e. The Hall–Kier alpha value is -0.130. The van der Waals surface area contributed by atoms with E-state index < -0.39 is 9.84 Å². The van der Waals surface area contributed by atoms with Gasteiger partial charge in [0.05, 0.1) is 5.25 Å². The SMILES string of the molecule is CS(=O)(=O)C1CCCC(NC2CCN3CCCC3C2)C1. The summed E-state index contributed by atoms with van der Waals surface area (Å²) in [4.78, 5) is 2.64. The second-order valence-corrected chi connectivity index (χ2v) is 9.36. The molecule has 1 aliphatic carbocycles. The van der Waals surface area contributed by atoms with Crippen LogP contribution in [0.4, 0.5) is 0 Å². The van der Waals surface area contributed by atoms with Gasteiger partial charge in [-0.15, -0.1) is 0 Å². The molecule has 3 aliphatic rings. The molecule has 4 nitrogen and oxygen atoms in total. The van der Waals surface area contributed by atoms with Gasteiger partial charge < -0.3 is 10.2 Å². The first-order chi connectivity index (χ1) is 9.52. The summed E-state index contributed by atoms with van der Waals surface area (Å²) in [5.74, 6) is 0. The average molecular weight is 300 g/mol. The number of nitrogens with zero attached hydrogens (tertiary/aromatic N) is 1. The number of hydrogen-bond acceptors (Lipinski definition) is 4. The van der Waals surface area contributed by atoms with Crippen molar-refractivity contribution in [3.63, 3.8) is 0 Å². The summed E-state index contributed by atoms with van der Waals surface area (Å²) >= 11 is 0. The number of rotatable bonds is 3. The van der Waals surface area contributed by atoms with Gasteiger partial charge in [-0.05, 0) is 58.0 Å². The molecule has 1 N–H and O–H groups in total. The summed E-state index contributed by atoms with van der Waals surface area (Å²) in [5.41, 5.74) is 0. The van der Waals surface area contributed by atoms with Crippen LogP contribution >= 0.6 is 0 Å². The summed E-state index contributed by atoms with van der Waals surface area (Å²) in [6.45, 7) is 2.52. The Morgan fingerprint density at radius 3 is 2.55 bits per heavy atom. The lowest BCUT2D eigenvalue weighted by Crippen LogP contribution is -2.50. The molecular formula is C15H28N2O2S. The maximum absolute atomic E-state index is 11.7. The summed E-state index contributed by atoms with van der Waals surface area (Å²) in [6.07, 6.45) is 10.5. The van der Waals surface area contributed by atoms with Gasteiger partial charge in [0, 0.05) is 24.4 Å². The molecule has 3 fully saturated rings. The van der Waals surface area contributed by atoms with E-state index >= 15 is 0 Å². The Balaban J connectivity index is 1.52. The largest absolute Gasteiger partial charge is 0.311 e. The Bertz CT molecular complexity index is 437. The molecule has 2 aliphatic heterocycles. The van der Waals surface area contributed by atoms with E-state index in [1.54, 1.807) is 0 Å². The summed E-state index contributed by atoms with van der Waals surface area (Å²) < 4.78 is 23.5. The van der Waals surface area contributed by atoms with Crippen molar-refractivity contribution in [2.24, 2.45) is 0 Å². The van der Waals surface area contributed by atoms with Crippen molar-refractivity contribution in [1.82, 2.24) is 10.2 Å². The number of hydrogen-bond donors (Lipinski definition) is 1. The Morgan fingerprint density at radius 2 is 1.75 bits per heavy atom. The third kappa shape index (κ3) is 3.37. The number of fused-ring (bicyclic) bond motifs is 1. The minimum Gasteiger partial charge on any atom is -0.311 e. The monoisotopic (exact) mass is 300 g/mol. The van der Waals surface area contributed by atoms with E-state index in [1.807, 2.05) is 0 Å². The fraction of sp³-hybridized carbons (Fsp3) is 1.00.